The van der Waals surface area contributed by atoms with Crippen LogP contribution in [0.5, 0.6) is 0 Å². The van der Waals surface area contributed by atoms with Gasteiger partial charge in [0.2, 0.25) is 5.91 Å². The number of aryl methyl sites for hydroxylation is 2. The van der Waals surface area contributed by atoms with Gasteiger partial charge in [-0.3, -0.25) is 4.79 Å². The van der Waals surface area contributed by atoms with Gasteiger partial charge >= 0.3 is 0 Å². The summed E-state index contributed by atoms with van der Waals surface area (Å²) in [6.45, 7) is 4.11. The van der Waals surface area contributed by atoms with Crippen LogP contribution >= 0.6 is 11.3 Å². The second-order valence-electron chi connectivity index (χ2n) is 4.40. The normalized spacial score (nSPS) is 10.8. The molecule has 1 heterocycles. The molecule has 0 spiro atoms. The zero-order valence-corrected chi connectivity index (χ0v) is 11.8. The van der Waals surface area contributed by atoms with Gasteiger partial charge in [0.05, 0.1) is 12.6 Å². The van der Waals surface area contributed by atoms with E-state index in [0.29, 0.717) is 6.42 Å². The van der Waals surface area contributed by atoms with Crippen LogP contribution in [0.3, 0.4) is 0 Å². The summed E-state index contributed by atoms with van der Waals surface area (Å²) in [7, 11) is 0. The first kappa shape index (κ1) is 13.5. The second kappa shape index (κ2) is 6.29. The van der Waals surface area contributed by atoms with Gasteiger partial charge in [0, 0.05) is 4.88 Å². The summed E-state index contributed by atoms with van der Waals surface area (Å²) >= 11 is 1.58. The lowest BCUT2D eigenvalue weighted by Crippen LogP contribution is -2.19. The minimum atomic E-state index is -0.101. The molecule has 0 fully saturated rings. The smallest absolute Gasteiger partial charge is 0.244 e. The van der Waals surface area contributed by atoms with Crippen molar-refractivity contribution < 1.29 is 4.79 Å². The molecule has 4 heteroatoms. The van der Waals surface area contributed by atoms with Gasteiger partial charge in [0.1, 0.15) is 0 Å². The van der Waals surface area contributed by atoms with Crippen LogP contribution in [0.4, 0.5) is 0 Å². The summed E-state index contributed by atoms with van der Waals surface area (Å²) in [5, 5.41) is 5.91. The third kappa shape index (κ3) is 4.03. The van der Waals surface area contributed by atoms with Crippen molar-refractivity contribution in [2.75, 3.05) is 0 Å². The van der Waals surface area contributed by atoms with Crippen molar-refractivity contribution in [1.82, 2.24) is 5.43 Å². The summed E-state index contributed by atoms with van der Waals surface area (Å²) in [6, 6.07) is 9.95. The number of rotatable bonds is 4. The van der Waals surface area contributed by atoms with Gasteiger partial charge in [-0.1, -0.05) is 24.3 Å². The van der Waals surface area contributed by atoms with Crippen LogP contribution in [-0.4, -0.2) is 12.1 Å². The molecule has 19 heavy (non-hydrogen) atoms. The number of hydrazone groups is 1. The van der Waals surface area contributed by atoms with Gasteiger partial charge in [-0.25, -0.2) is 5.43 Å². The van der Waals surface area contributed by atoms with E-state index in [1.807, 2.05) is 42.6 Å². The predicted molar refractivity (Wildman–Crippen MR) is 79.7 cm³/mol. The van der Waals surface area contributed by atoms with Crippen molar-refractivity contribution in [3.8, 4) is 0 Å². The molecular weight excluding hydrogens is 256 g/mol. The van der Waals surface area contributed by atoms with Crippen LogP contribution < -0.4 is 5.43 Å². The number of amides is 1. The summed E-state index contributed by atoms with van der Waals surface area (Å²) in [4.78, 5) is 12.7. The number of carbonyl (C=O) groups excluding carboxylic acids is 1. The number of thiophene rings is 1. The van der Waals surface area contributed by atoms with Crippen molar-refractivity contribution in [3.05, 3.63) is 57.3 Å². The highest BCUT2D eigenvalue weighted by molar-refractivity contribution is 7.11. The van der Waals surface area contributed by atoms with Gasteiger partial charge in [0.25, 0.3) is 0 Å². The van der Waals surface area contributed by atoms with Crippen LogP contribution in [0.2, 0.25) is 0 Å². The van der Waals surface area contributed by atoms with E-state index in [2.05, 4.69) is 17.5 Å². The molecule has 0 atom stereocenters. The van der Waals surface area contributed by atoms with Crippen molar-refractivity contribution in [2.45, 2.75) is 20.3 Å². The van der Waals surface area contributed by atoms with E-state index < -0.39 is 0 Å². The summed E-state index contributed by atoms with van der Waals surface area (Å²) in [5.74, 6) is -0.101. The molecule has 0 aliphatic heterocycles. The fourth-order valence-corrected chi connectivity index (χ4v) is 2.26. The Kier molecular flexibility index (Phi) is 4.47. The Labute approximate surface area is 117 Å². The molecule has 1 aromatic carbocycles. The van der Waals surface area contributed by atoms with Crippen LogP contribution in [-0.2, 0) is 11.2 Å². The maximum Gasteiger partial charge on any atom is 0.244 e. The molecule has 0 radical (unpaired) electrons. The molecule has 0 aliphatic carbocycles. The van der Waals surface area contributed by atoms with E-state index in [4.69, 9.17) is 0 Å². The quantitative estimate of drug-likeness (QED) is 0.674. The van der Waals surface area contributed by atoms with Crippen LogP contribution in [0.25, 0.3) is 0 Å². The molecule has 3 nitrogen and oxygen atoms in total. The zero-order chi connectivity index (χ0) is 13.7. The average Bonchev–Trinajstić information content (AvgIpc) is 2.87. The molecular formula is C15H16N2OS. The summed E-state index contributed by atoms with van der Waals surface area (Å²) in [5.41, 5.74) is 5.98. The molecule has 1 aromatic heterocycles. The number of hydrogen-bond acceptors (Lipinski definition) is 3. The van der Waals surface area contributed by atoms with E-state index in [0.717, 1.165) is 10.4 Å². The fraction of sp³-hybridized carbons (Fsp3) is 0.200. The van der Waals surface area contributed by atoms with Crippen LogP contribution in [0, 0.1) is 13.8 Å². The van der Waals surface area contributed by atoms with Crippen molar-refractivity contribution in [1.29, 1.82) is 0 Å². The Morgan fingerprint density at radius 3 is 2.84 bits per heavy atom. The highest BCUT2D eigenvalue weighted by Crippen LogP contribution is 2.10. The number of hydrogen-bond donors (Lipinski definition) is 1. The average molecular weight is 272 g/mol. The summed E-state index contributed by atoms with van der Waals surface area (Å²) in [6.07, 6.45) is 2.01. The molecule has 2 rings (SSSR count). The van der Waals surface area contributed by atoms with Crippen LogP contribution in [0.1, 0.15) is 21.6 Å². The number of nitrogens with zero attached hydrogens (tertiary/aromatic N) is 1. The second-order valence-corrected chi connectivity index (χ2v) is 5.38. The first-order valence-corrected chi connectivity index (χ1v) is 6.94. The number of carbonyl (C=O) groups is 1. The first-order chi connectivity index (χ1) is 9.15. The largest absolute Gasteiger partial charge is 0.273 e. The summed E-state index contributed by atoms with van der Waals surface area (Å²) < 4.78 is 0. The highest BCUT2D eigenvalue weighted by Gasteiger charge is 2.03. The third-order valence-corrected chi connectivity index (χ3v) is 3.67. The van der Waals surface area contributed by atoms with E-state index in [9.17, 15) is 4.79 Å². The molecule has 1 N–H and O–H groups in total. The van der Waals surface area contributed by atoms with Gasteiger partial charge in [0.15, 0.2) is 0 Å². The maximum atomic E-state index is 11.7. The lowest BCUT2D eigenvalue weighted by Gasteiger charge is -2.04. The predicted octanol–water partition coefficient (Wildman–Crippen LogP) is 3.06. The van der Waals surface area contributed by atoms with Crippen LogP contribution in [0.15, 0.2) is 40.8 Å². The molecule has 0 unspecified atom stereocenters. The van der Waals surface area contributed by atoms with Gasteiger partial charge < -0.3 is 0 Å². The Morgan fingerprint density at radius 2 is 2.16 bits per heavy atom. The SMILES string of the molecule is Cc1ccc(CC(=O)NN=Cc2cccs2)cc1C. The van der Waals surface area contributed by atoms with E-state index in [1.54, 1.807) is 17.6 Å². The Hall–Kier alpha value is -1.94. The van der Waals surface area contributed by atoms with Gasteiger partial charge in [-0.15, -0.1) is 11.3 Å². The van der Waals surface area contributed by atoms with Crippen molar-refractivity contribution in [3.63, 3.8) is 0 Å². The Balaban J connectivity index is 1.89. The number of benzene rings is 1. The molecule has 1 amide bonds. The zero-order valence-electron chi connectivity index (χ0n) is 11.0. The third-order valence-electron chi connectivity index (χ3n) is 2.86. The molecule has 0 aliphatic rings. The first-order valence-electron chi connectivity index (χ1n) is 6.06. The highest BCUT2D eigenvalue weighted by atomic mass is 32.1. The minimum Gasteiger partial charge on any atom is -0.273 e. The Bertz CT molecular complexity index is 588. The van der Waals surface area contributed by atoms with E-state index in [1.165, 1.54) is 11.1 Å². The van der Waals surface area contributed by atoms with Crippen molar-refractivity contribution in [2.24, 2.45) is 5.10 Å². The number of nitrogens with one attached hydrogen (secondary N) is 1. The molecule has 0 saturated heterocycles. The van der Waals surface area contributed by atoms with Gasteiger partial charge in [-0.05, 0) is 42.0 Å². The van der Waals surface area contributed by atoms with Gasteiger partial charge in [-0.2, -0.15) is 5.10 Å². The topological polar surface area (TPSA) is 41.5 Å². The lowest BCUT2D eigenvalue weighted by molar-refractivity contribution is -0.120. The van der Waals surface area contributed by atoms with Crippen molar-refractivity contribution >= 4 is 23.5 Å². The van der Waals surface area contributed by atoms with E-state index >= 15 is 0 Å². The fourth-order valence-electron chi connectivity index (χ4n) is 1.67. The lowest BCUT2D eigenvalue weighted by atomic mass is 10.0. The maximum absolute atomic E-state index is 11.7. The Morgan fingerprint density at radius 1 is 1.32 bits per heavy atom. The minimum absolute atomic E-state index is 0.101. The molecule has 0 saturated carbocycles. The monoisotopic (exact) mass is 272 g/mol. The van der Waals surface area contributed by atoms with E-state index in [-0.39, 0.29) is 5.91 Å². The standard InChI is InChI=1S/C15H16N2OS/c1-11-5-6-13(8-12(11)2)9-15(18)17-16-10-14-4-3-7-19-14/h3-8,10H,9H2,1-2H3,(H,17,18). The molecule has 2 aromatic rings. The molecule has 98 valence electrons. The molecule has 0 bridgehead atoms.